The predicted molar refractivity (Wildman–Crippen MR) is 45.8 cm³/mol. The largest absolute Gasteiger partial charge is 0.480 e. The first kappa shape index (κ1) is 13.8. The number of rotatable bonds is 6. The number of amides is 1. The van der Waals surface area contributed by atoms with Crippen LogP contribution in [0.15, 0.2) is 0 Å². The zero-order valence-electron chi connectivity index (χ0n) is 7.36. The minimum absolute atomic E-state index is 0.743. The molecule has 0 aromatic heterocycles. The zero-order valence-corrected chi connectivity index (χ0v) is 8.18. The van der Waals surface area contributed by atoms with Gasteiger partial charge in [0.15, 0.2) is 0 Å². The van der Waals surface area contributed by atoms with Gasteiger partial charge in [-0.2, -0.15) is 8.42 Å². The van der Waals surface area contributed by atoms with Crippen LogP contribution in [-0.4, -0.2) is 42.1 Å². The van der Waals surface area contributed by atoms with E-state index in [2.05, 4.69) is 4.18 Å². The van der Waals surface area contributed by atoms with Crippen LogP contribution in [0.5, 0.6) is 0 Å². The van der Waals surface area contributed by atoms with Crippen molar-refractivity contribution in [2.75, 3.05) is 0 Å². The summed E-state index contributed by atoms with van der Waals surface area (Å²) in [5.74, 6) is -2.61. The summed E-state index contributed by atoms with van der Waals surface area (Å²) in [7, 11) is -4.90. The number of hydrogen-bond acceptors (Lipinski definition) is 6. The van der Waals surface area contributed by atoms with E-state index in [1.807, 2.05) is 0 Å². The van der Waals surface area contributed by atoms with Gasteiger partial charge in [0, 0.05) is 0 Å². The standard InChI is InChI=1S/C5H10N2O7S/c6-3(8)1-2(4(7)5(9)10)14-15(11,12)13/h2,4H,1,7H2,(H2,6,8)(H,9,10)(H,11,12,13)/t2-,4+/m1/s1. The molecule has 88 valence electrons. The SMILES string of the molecule is NC(=O)C[C@@H](OS(=O)(=O)O)[C@H](N)C(=O)O. The van der Waals surface area contributed by atoms with Gasteiger partial charge in [0.05, 0.1) is 6.42 Å². The topological polar surface area (TPSA) is 170 Å². The molecule has 10 heteroatoms. The van der Waals surface area contributed by atoms with Gasteiger partial charge in [-0.15, -0.1) is 0 Å². The number of aliphatic carboxylic acids is 1. The number of hydrogen-bond donors (Lipinski definition) is 4. The Hall–Kier alpha value is -1.23. The molecule has 0 aliphatic rings. The molecule has 0 heterocycles. The second kappa shape index (κ2) is 5.02. The monoisotopic (exact) mass is 242 g/mol. The highest BCUT2D eigenvalue weighted by molar-refractivity contribution is 7.80. The van der Waals surface area contributed by atoms with Crippen molar-refractivity contribution in [3.05, 3.63) is 0 Å². The molecular formula is C5H10N2O7S. The van der Waals surface area contributed by atoms with E-state index in [9.17, 15) is 18.0 Å². The first-order valence-corrected chi connectivity index (χ1v) is 4.92. The van der Waals surface area contributed by atoms with Gasteiger partial charge in [-0.1, -0.05) is 0 Å². The van der Waals surface area contributed by atoms with Gasteiger partial charge in [-0.05, 0) is 0 Å². The second-order valence-electron chi connectivity index (χ2n) is 2.60. The van der Waals surface area contributed by atoms with Gasteiger partial charge in [0.2, 0.25) is 5.91 Å². The van der Waals surface area contributed by atoms with Crippen molar-refractivity contribution in [1.82, 2.24) is 0 Å². The maximum absolute atomic E-state index is 10.4. The molecule has 0 aliphatic heterocycles. The maximum atomic E-state index is 10.4. The van der Waals surface area contributed by atoms with E-state index in [0.717, 1.165) is 0 Å². The Morgan fingerprint density at radius 2 is 1.87 bits per heavy atom. The van der Waals surface area contributed by atoms with Crippen molar-refractivity contribution in [2.24, 2.45) is 11.5 Å². The van der Waals surface area contributed by atoms with E-state index >= 15 is 0 Å². The normalized spacial score (nSPS) is 15.6. The lowest BCUT2D eigenvalue weighted by Crippen LogP contribution is -2.46. The van der Waals surface area contributed by atoms with E-state index in [1.165, 1.54) is 0 Å². The minimum atomic E-state index is -4.90. The van der Waals surface area contributed by atoms with Crippen LogP contribution in [0.4, 0.5) is 0 Å². The third-order valence-electron chi connectivity index (χ3n) is 1.33. The quantitative estimate of drug-likeness (QED) is 0.369. The smallest absolute Gasteiger partial charge is 0.397 e. The molecule has 0 aromatic carbocycles. The van der Waals surface area contributed by atoms with Crippen molar-refractivity contribution >= 4 is 22.3 Å². The van der Waals surface area contributed by atoms with Crippen LogP contribution in [0.25, 0.3) is 0 Å². The van der Waals surface area contributed by atoms with Crippen LogP contribution in [0, 0.1) is 0 Å². The van der Waals surface area contributed by atoms with Gasteiger partial charge in [-0.3, -0.25) is 14.1 Å². The molecule has 0 spiro atoms. The Morgan fingerprint density at radius 1 is 1.40 bits per heavy atom. The van der Waals surface area contributed by atoms with Crippen molar-refractivity contribution in [3.63, 3.8) is 0 Å². The van der Waals surface area contributed by atoms with E-state index in [-0.39, 0.29) is 0 Å². The third-order valence-corrected chi connectivity index (χ3v) is 1.82. The lowest BCUT2D eigenvalue weighted by Gasteiger charge is -2.17. The summed E-state index contributed by atoms with van der Waals surface area (Å²) in [4.78, 5) is 20.8. The predicted octanol–water partition coefficient (Wildman–Crippen LogP) is -2.54. The summed E-state index contributed by atoms with van der Waals surface area (Å²) in [5, 5.41) is 8.43. The Bertz CT molecular complexity index is 350. The average Bonchev–Trinajstić information content (AvgIpc) is 1.97. The van der Waals surface area contributed by atoms with Crippen LogP contribution in [0.2, 0.25) is 0 Å². The van der Waals surface area contributed by atoms with Crippen molar-refractivity contribution in [2.45, 2.75) is 18.6 Å². The number of carboxylic acids is 1. The molecule has 0 fully saturated rings. The third kappa shape index (κ3) is 5.96. The molecule has 6 N–H and O–H groups in total. The highest BCUT2D eigenvalue weighted by Crippen LogP contribution is 2.06. The van der Waals surface area contributed by atoms with Crippen LogP contribution in [0.1, 0.15) is 6.42 Å². The Balaban J connectivity index is 4.73. The van der Waals surface area contributed by atoms with Crippen LogP contribution >= 0.6 is 0 Å². The molecule has 0 unspecified atom stereocenters. The maximum Gasteiger partial charge on any atom is 0.397 e. The molecule has 1 amide bonds. The number of carbonyl (C=O) groups excluding carboxylic acids is 1. The molecule has 0 radical (unpaired) electrons. The first-order valence-electron chi connectivity index (χ1n) is 3.56. The van der Waals surface area contributed by atoms with Gasteiger partial charge < -0.3 is 16.6 Å². The Kier molecular flexibility index (Phi) is 4.61. The summed E-state index contributed by atoms with van der Waals surface area (Å²) in [6, 6.07) is -1.79. The summed E-state index contributed by atoms with van der Waals surface area (Å²) < 4.78 is 32.7. The highest BCUT2D eigenvalue weighted by atomic mass is 32.3. The molecule has 0 saturated carbocycles. The van der Waals surface area contributed by atoms with Gasteiger partial charge in [-0.25, -0.2) is 4.18 Å². The second-order valence-corrected chi connectivity index (χ2v) is 3.64. The molecule has 2 atom stereocenters. The highest BCUT2D eigenvalue weighted by Gasteiger charge is 2.30. The molecule has 0 saturated heterocycles. The lowest BCUT2D eigenvalue weighted by atomic mass is 10.1. The average molecular weight is 242 g/mol. The Labute approximate surface area is 84.9 Å². The number of nitrogens with two attached hydrogens (primary N) is 2. The summed E-state index contributed by atoms with van der Waals surface area (Å²) in [6.07, 6.45) is -2.48. The molecule has 0 aromatic rings. The minimum Gasteiger partial charge on any atom is -0.480 e. The van der Waals surface area contributed by atoms with Gasteiger partial charge in [0.1, 0.15) is 12.1 Å². The fourth-order valence-electron chi connectivity index (χ4n) is 0.734. The zero-order chi connectivity index (χ0) is 12.2. The van der Waals surface area contributed by atoms with Crippen molar-refractivity contribution < 1.29 is 31.8 Å². The van der Waals surface area contributed by atoms with Crippen LogP contribution in [0.3, 0.4) is 0 Å². The molecule has 0 bridgehead atoms. The van der Waals surface area contributed by atoms with E-state index in [4.69, 9.17) is 21.1 Å². The fraction of sp³-hybridized carbons (Fsp3) is 0.600. The lowest BCUT2D eigenvalue weighted by molar-refractivity contribution is -0.141. The summed E-state index contributed by atoms with van der Waals surface area (Å²) >= 11 is 0. The Morgan fingerprint density at radius 3 is 2.13 bits per heavy atom. The van der Waals surface area contributed by atoms with Gasteiger partial charge in [0.25, 0.3) is 0 Å². The van der Waals surface area contributed by atoms with Gasteiger partial charge >= 0.3 is 16.4 Å². The van der Waals surface area contributed by atoms with Crippen molar-refractivity contribution in [3.8, 4) is 0 Å². The number of carboxylic acid groups (broad SMARTS) is 1. The summed E-state index contributed by atoms with van der Waals surface area (Å²) in [5.41, 5.74) is 9.71. The molecule has 0 aliphatic carbocycles. The van der Waals surface area contributed by atoms with Crippen LogP contribution in [-0.2, 0) is 24.2 Å². The molecule has 9 nitrogen and oxygen atoms in total. The van der Waals surface area contributed by atoms with E-state index in [1.54, 1.807) is 0 Å². The number of primary amides is 1. The molecular weight excluding hydrogens is 232 g/mol. The van der Waals surface area contributed by atoms with E-state index in [0.29, 0.717) is 0 Å². The molecule has 15 heavy (non-hydrogen) atoms. The molecule has 0 rings (SSSR count). The van der Waals surface area contributed by atoms with E-state index < -0.39 is 40.8 Å². The van der Waals surface area contributed by atoms with Crippen molar-refractivity contribution in [1.29, 1.82) is 0 Å². The summed E-state index contributed by atoms with van der Waals surface area (Å²) in [6.45, 7) is 0. The first-order chi connectivity index (χ1) is 6.63. The van der Waals surface area contributed by atoms with Crippen LogP contribution < -0.4 is 11.5 Å². The fourth-order valence-corrected chi connectivity index (χ4v) is 1.23. The number of carbonyl (C=O) groups is 2.